The Morgan fingerprint density at radius 1 is 0.825 bits per heavy atom. The number of methoxy groups -OCH3 is 1. The van der Waals surface area contributed by atoms with Gasteiger partial charge in [0.25, 0.3) is 11.8 Å². The number of amides is 2. The molecule has 0 bridgehead atoms. The Bertz CT molecular complexity index is 1370. The molecule has 3 aromatic carbocycles. The number of likely N-dealkylation sites (tertiary alicyclic amines) is 1. The first-order chi connectivity index (χ1) is 19.4. The van der Waals surface area contributed by atoms with Gasteiger partial charge in [-0.1, -0.05) is 12.1 Å². The highest BCUT2D eigenvalue weighted by atomic mass is 19.1. The zero-order valence-electron chi connectivity index (χ0n) is 22.9. The number of anilines is 3. The van der Waals surface area contributed by atoms with Crippen LogP contribution in [0.1, 0.15) is 46.4 Å². The highest BCUT2D eigenvalue weighted by Gasteiger charge is 2.24. The second kappa shape index (κ2) is 12.4. The standard InChI is InChI=1S/C31H35FN4O4/c1-35-17-13-23(14-18-35)40-29-20-22(36-15-5-6-16-36)10-11-24(29)30(37)33-26-12-9-21(32)19-25(26)31(38)34-27-7-3-4-8-28(27)39-2/h3-4,7-12,19-20,23H,5-6,13-18H2,1-2H3,(H,33,37)(H,34,38). The second-order valence-corrected chi connectivity index (χ2v) is 10.3. The molecule has 0 aliphatic carbocycles. The summed E-state index contributed by atoms with van der Waals surface area (Å²) >= 11 is 0. The molecule has 3 aromatic rings. The van der Waals surface area contributed by atoms with Crippen LogP contribution in [0.2, 0.25) is 0 Å². The minimum Gasteiger partial charge on any atom is -0.495 e. The predicted octanol–water partition coefficient (Wildman–Crippen LogP) is 5.41. The second-order valence-electron chi connectivity index (χ2n) is 10.3. The van der Waals surface area contributed by atoms with E-state index in [1.807, 2.05) is 12.1 Å². The number of piperidine rings is 1. The zero-order chi connectivity index (χ0) is 28.1. The lowest BCUT2D eigenvalue weighted by Crippen LogP contribution is -2.36. The summed E-state index contributed by atoms with van der Waals surface area (Å²) in [5, 5.41) is 5.57. The predicted molar refractivity (Wildman–Crippen MR) is 154 cm³/mol. The Kier molecular flexibility index (Phi) is 8.50. The van der Waals surface area contributed by atoms with Gasteiger partial charge in [-0.25, -0.2) is 4.39 Å². The largest absolute Gasteiger partial charge is 0.495 e. The van der Waals surface area contributed by atoms with Crippen molar-refractivity contribution in [3.63, 3.8) is 0 Å². The third kappa shape index (κ3) is 6.37. The summed E-state index contributed by atoms with van der Waals surface area (Å²) in [5.41, 5.74) is 2.00. The van der Waals surface area contributed by atoms with E-state index < -0.39 is 17.6 Å². The van der Waals surface area contributed by atoms with Gasteiger partial charge in [-0.3, -0.25) is 9.59 Å². The average Bonchev–Trinajstić information content (AvgIpc) is 3.51. The molecule has 2 heterocycles. The monoisotopic (exact) mass is 546 g/mol. The molecule has 2 N–H and O–H groups in total. The van der Waals surface area contributed by atoms with Crippen LogP contribution in [-0.2, 0) is 0 Å². The van der Waals surface area contributed by atoms with E-state index in [-0.39, 0.29) is 17.4 Å². The summed E-state index contributed by atoms with van der Waals surface area (Å²) in [6.45, 7) is 3.80. The number of ether oxygens (including phenoxy) is 2. The van der Waals surface area contributed by atoms with Crippen LogP contribution in [0.15, 0.2) is 60.7 Å². The molecule has 40 heavy (non-hydrogen) atoms. The van der Waals surface area contributed by atoms with Crippen molar-refractivity contribution in [2.45, 2.75) is 31.8 Å². The molecule has 2 amide bonds. The maximum atomic E-state index is 14.3. The zero-order valence-corrected chi connectivity index (χ0v) is 22.9. The number of nitrogens with one attached hydrogen (secondary N) is 2. The Balaban J connectivity index is 1.40. The summed E-state index contributed by atoms with van der Waals surface area (Å²) in [6.07, 6.45) is 4.02. The average molecular weight is 547 g/mol. The summed E-state index contributed by atoms with van der Waals surface area (Å²) in [5.74, 6) is -0.630. The van der Waals surface area contributed by atoms with Gasteiger partial charge in [-0.05, 0) is 75.2 Å². The molecule has 0 spiro atoms. The van der Waals surface area contributed by atoms with Gasteiger partial charge >= 0.3 is 0 Å². The van der Waals surface area contributed by atoms with E-state index in [0.717, 1.165) is 63.6 Å². The van der Waals surface area contributed by atoms with Gasteiger partial charge in [-0.15, -0.1) is 0 Å². The van der Waals surface area contributed by atoms with Gasteiger partial charge in [0.15, 0.2) is 0 Å². The van der Waals surface area contributed by atoms with E-state index >= 15 is 0 Å². The van der Waals surface area contributed by atoms with Crippen molar-refractivity contribution < 1.29 is 23.5 Å². The molecule has 0 saturated carbocycles. The Hall–Kier alpha value is -4.11. The van der Waals surface area contributed by atoms with E-state index in [0.29, 0.717) is 22.7 Å². The van der Waals surface area contributed by atoms with Crippen molar-refractivity contribution >= 4 is 28.9 Å². The lowest BCUT2D eigenvalue weighted by molar-refractivity contribution is 0.0989. The SMILES string of the molecule is COc1ccccc1NC(=O)c1cc(F)ccc1NC(=O)c1ccc(N2CCCC2)cc1OC1CCN(C)CC1. The number of hydrogen-bond acceptors (Lipinski definition) is 6. The highest BCUT2D eigenvalue weighted by Crippen LogP contribution is 2.32. The Morgan fingerprint density at radius 2 is 1.52 bits per heavy atom. The van der Waals surface area contributed by atoms with E-state index in [4.69, 9.17) is 9.47 Å². The highest BCUT2D eigenvalue weighted by molar-refractivity contribution is 6.13. The Morgan fingerprint density at radius 3 is 2.27 bits per heavy atom. The third-order valence-corrected chi connectivity index (χ3v) is 7.47. The molecule has 9 heteroatoms. The van der Waals surface area contributed by atoms with Crippen LogP contribution in [0.3, 0.4) is 0 Å². The van der Waals surface area contributed by atoms with Crippen LogP contribution < -0.4 is 25.0 Å². The molecule has 0 aromatic heterocycles. The fourth-order valence-corrected chi connectivity index (χ4v) is 5.19. The number of benzene rings is 3. The Labute approximate surface area is 234 Å². The van der Waals surface area contributed by atoms with Gasteiger partial charge in [0, 0.05) is 37.9 Å². The molecule has 2 saturated heterocycles. The maximum absolute atomic E-state index is 14.3. The number of rotatable bonds is 8. The summed E-state index contributed by atoms with van der Waals surface area (Å²) < 4.78 is 26.0. The molecule has 2 aliphatic heterocycles. The molecule has 0 unspecified atom stereocenters. The summed E-state index contributed by atoms with van der Waals surface area (Å²) in [6, 6.07) is 16.3. The fraction of sp³-hybridized carbons (Fsp3) is 0.355. The van der Waals surface area contributed by atoms with Crippen molar-refractivity contribution in [2.24, 2.45) is 0 Å². The normalized spacial score (nSPS) is 16.0. The molecule has 2 aliphatic rings. The first-order valence-electron chi connectivity index (χ1n) is 13.7. The molecule has 0 radical (unpaired) electrons. The van der Waals surface area contributed by atoms with Crippen LogP contribution in [0.5, 0.6) is 11.5 Å². The van der Waals surface area contributed by atoms with Crippen LogP contribution >= 0.6 is 0 Å². The van der Waals surface area contributed by atoms with E-state index in [1.165, 1.54) is 19.2 Å². The van der Waals surface area contributed by atoms with Crippen LogP contribution in [0.4, 0.5) is 21.5 Å². The minimum atomic E-state index is -0.593. The van der Waals surface area contributed by atoms with Crippen LogP contribution in [-0.4, -0.2) is 63.2 Å². The molecule has 210 valence electrons. The third-order valence-electron chi connectivity index (χ3n) is 7.47. The van der Waals surface area contributed by atoms with Crippen LogP contribution in [0.25, 0.3) is 0 Å². The molecule has 2 fully saturated rings. The van der Waals surface area contributed by atoms with E-state index in [2.05, 4.69) is 27.5 Å². The molecule has 0 atom stereocenters. The van der Waals surface area contributed by atoms with Gasteiger partial charge in [0.05, 0.1) is 29.6 Å². The molecule has 8 nitrogen and oxygen atoms in total. The topological polar surface area (TPSA) is 83.1 Å². The lowest BCUT2D eigenvalue weighted by Gasteiger charge is -2.30. The van der Waals surface area contributed by atoms with Crippen molar-refractivity contribution in [1.29, 1.82) is 0 Å². The van der Waals surface area contributed by atoms with Crippen molar-refractivity contribution in [1.82, 2.24) is 4.90 Å². The quantitative estimate of drug-likeness (QED) is 0.393. The molecular weight excluding hydrogens is 511 g/mol. The van der Waals surface area contributed by atoms with E-state index in [9.17, 15) is 14.0 Å². The maximum Gasteiger partial charge on any atom is 0.259 e. The number of halogens is 1. The van der Waals surface area contributed by atoms with Gasteiger partial charge in [0.2, 0.25) is 0 Å². The number of hydrogen-bond donors (Lipinski definition) is 2. The summed E-state index contributed by atoms with van der Waals surface area (Å²) in [4.78, 5) is 31.4. The number of carbonyl (C=O) groups is 2. The lowest BCUT2D eigenvalue weighted by atomic mass is 10.1. The smallest absolute Gasteiger partial charge is 0.259 e. The summed E-state index contributed by atoms with van der Waals surface area (Å²) in [7, 11) is 3.59. The molecule has 5 rings (SSSR count). The number of nitrogens with zero attached hydrogens (tertiary/aromatic N) is 2. The van der Waals surface area contributed by atoms with E-state index in [1.54, 1.807) is 30.3 Å². The van der Waals surface area contributed by atoms with Gasteiger partial charge in [-0.2, -0.15) is 0 Å². The number of carbonyl (C=O) groups excluding carboxylic acids is 2. The first kappa shape index (κ1) is 27.5. The van der Waals surface area contributed by atoms with Crippen molar-refractivity contribution in [2.75, 3.05) is 55.9 Å². The number of para-hydroxylation sites is 2. The molecular formula is C31H35FN4O4. The first-order valence-corrected chi connectivity index (χ1v) is 13.7. The van der Waals surface area contributed by atoms with Crippen molar-refractivity contribution in [3.8, 4) is 11.5 Å². The fourth-order valence-electron chi connectivity index (χ4n) is 5.19. The van der Waals surface area contributed by atoms with Crippen LogP contribution in [0, 0.1) is 5.82 Å². The van der Waals surface area contributed by atoms with Gasteiger partial charge in [0.1, 0.15) is 23.4 Å². The van der Waals surface area contributed by atoms with Crippen molar-refractivity contribution in [3.05, 3.63) is 77.6 Å². The minimum absolute atomic E-state index is 0.00425. The van der Waals surface area contributed by atoms with Gasteiger partial charge < -0.3 is 29.9 Å².